The minimum Gasteiger partial charge on any atom is -0.443 e. The maximum Gasteiger partial charge on any atom is 0.262 e. The van der Waals surface area contributed by atoms with Gasteiger partial charge >= 0.3 is 0 Å². The molecule has 21 heavy (non-hydrogen) atoms. The van der Waals surface area contributed by atoms with Gasteiger partial charge in [-0.2, -0.15) is 5.26 Å². The number of anilines is 1. The third-order valence-corrected chi connectivity index (χ3v) is 4.35. The van der Waals surface area contributed by atoms with Crippen molar-refractivity contribution in [3.63, 3.8) is 0 Å². The Morgan fingerprint density at radius 1 is 1.00 bits per heavy atom. The van der Waals surface area contributed by atoms with Crippen LogP contribution in [0.25, 0.3) is 11.0 Å². The zero-order chi connectivity index (χ0) is 14.9. The van der Waals surface area contributed by atoms with Crippen molar-refractivity contribution in [1.82, 2.24) is 0 Å². The summed E-state index contributed by atoms with van der Waals surface area (Å²) in [6, 6.07) is 16.7. The lowest BCUT2D eigenvalue weighted by atomic mass is 10.2. The van der Waals surface area contributed by atoms with E-state index in [2.05, 4.69) is 4.72 Å². The lowest BCUT2D eigenvalue weighted by molar-refractivity contribution is 0.595. The first-order chi connectivity index (χ1) is 10.1. The average molecular weight is 298 g/mol. The molecule has 5 nitrogen and oxygen atoms in total. The molecule has 1 heterocycles. The summed E-state index contributed by atoms with van der Waals surface area (Å²) in [7, 11) is -3.77. The van der Waals surface area contributed by atoms with Gasteiger partial charge in [-0.25, -0.2) is 8.42 Å². The number of hydrogen-bond acceptors (Lipinski definition) is 4. The topological polar surface area (TPSA) is 83.1 Å². The third-order valence-electron chi connectivity index (χ3n) is 2.99. The molecule has 2 aromatic carbocycles. The minimum atomic E-state index is -3.77. The first-order valence-electron chi connectivity index (χ1n) is 6.11. The van der Waals surface area contributed by atoms with Gasteiger partial charge in [0.05, 0.1) is 4.90 Å². The van der Waals surface area contributed by atoms with Crippen molar-refractivity contribution < 1.29 is 12.8 Å². The van der Waals surface area contributed by atoms with Crippen LogP contribution in [-0.4, -0.2) is 8.42 Å². The number of sulfonamides is 1. The predicted octanol–water partition coefficient (Wildman–Crippen LogP) is 3.11. The summed E-state index contributed by atoms with van der Waals surface area (Å²) in [6.45, 7) is 0. The van der Waals surface area contributed by atoms with Crippen LogP contribution < -0.4 is 4.72 Å². The van der Waals surface area contributed by atoms with E-state index in [1.165, 1.54) is 12.1 Å². The van der Waals surface area contributed by atoms with E-state index in [1.807, 2.05) is 6.07 Å². The highest BCUT2D eigenvalue weighted by Gasteiger charge is 2.20. The Labute approximate surface area is 121 Å². The van der Waals surface area contributed by atoms with Crippen LogP contribution in [0.4, 0.5) is 5.69 Å². The van der Waals surface area contributed by atoms with Gasteiger partial charge in [0.1, 0.15) is 17.3 Å². The number of furan rings is 1. The van der Waals surface area contributed by atoms with Crippen molar-refractivity contribution in [3.8, 4) is 6.07 Å². The maximum atomic E-state index is 12.3. The fourth-order valence-corrected chi connectivity index (χ4v) is 3.12. The van der Waals surface area contributed by atoms with Crippen molar-refractivity contribution in [1.29, 1.82) is 5.26 Å². The van der Waals surface area contributed by atoms with E-state index in [-0.39, 0.29) is 16.3 Å². The summed E-state index contributed by atoms with van der Waals surface area (Å²) in [4.78, 5) is 0.124. The zero-order valence-electron chi connectivity index (χ0n) is 10.8. The molecule has 0 unspecified atom stereocenters. The number of nitriles is 1. The second-order valence-corrected chi connectivity index (χ2v) is 6.02. The van der Waals surface area contributed by atoms with Crippen molar-refractivity contribution >= 4 is 26.7 Å². The fourth-order valence-electron chi connectivity index (χ4n) is 2.02. The third kappa shape index (κ3) is 2.35. The smallest absolute Gasteiger partial charge is 0.262 e. The van der Waals surface area contributed by atoms with E-state index in [4.69, 9.17) is 9.68 Å². The summed E-state index contributed by atoms with van der Waals surface area (Å²) < 4.78 is 32.5. The molecule has 0 saturated carbocycles. The molecule has 0 amide bonds. The standard InChI is InChI=1S/C15H10N2O3S/c16-10-14-15(12-8-4-5-9-13(12)20-14)17-21(18,19)11-6-2-1-3-7-11/h1-9,17H. The van der Waals surface area contributed by atoms with E-state index in [0.29, 0.717) is 11.0 Å². The number of nitrogens with one attached hydrogen (secondary N) is 1. The number of nitrogens with zero attached hydrogens (tertiary/aromatic N) is 1. The maximum absolute atomic E-state index is 12.3. The molecule has 0 aliphatic heterocycles. The quantitative estimate of drug-likeness (QED) is 0.805. The summed E-state index contributed by atoms with van der Waals surface area (Å²) >= 11 is 0. The van der Waals surface area contributed by atoms with E-state index < -0.39 is 10.0 Å². The number of benzene rings is 2. The molecule has 0 aliphatic rings. The summed E-state index contributed by atoms with van der Waals surface area (Å²) in [5, 5.41) is 9.66. The molecule has 0 saturated heterocycles. The van der Waals surface area contributed by atoms with Crippen molar-refractivity contribution in [2.45, 2.75) is 4.90 Å². The van der Waals surface area contributed by atoms with Gasteiger partial charge in [-0.05, 0) is 24.3 Å². The molecular formula is C15H10N2O3S. The number of hydrogen-bond donors (Lipinski definition) is 1. The number of rotatable bonds is 3. The lowest BCUT2D eigenvalue weighted by Gasteiger charge is -2.06. The zero-order valence-corrected chi connectivity index (χ0v) is 11.6. The van der Waals surface area contributed by atoms with E-state index in [1.54, 1.807) is 42.5 Å². The Morgan fingerprint density at radius 2 is 1.67 bits per heavy atom. The molecule has 0 spiro atoms. The van der Waals surface area contributed by atoms with Gasteiger partial charge in [0.2, 0.25) is 5.76 Å². The van der Waals surface area contributed by atoms with Crippen LogP contribution in [0.5, 0.6) is 0 Å². The van der Waals surface area contributed by atoms with Gasteiger partial charge in [0.25, 0.3) is 10.0 Å². The van der Waals surface area contributed by atoms with Crippen LogP contribution in [0.15, 0.2) is 63.9 Å². The van der Waals surface area contributed by atoms with Crippen LogP contribution in [0.2, 0.25) is 0 Å². The highest BCUT2D eigenvalue weighted by molar-refractivity contribution is 7.92. The van der Waals surface area contributed by atoms with Gasteiger partial charge in [0.15, 0.2) is 0 Å². The Morgan fingerprint density at radius 3 is 2.38 bits per heavy atom. The van der Waals surface area contributed by atoms with Crippen molar-refractivity contribution in [2.75, 3.05) is 4.72 Å². The predicted molar refractivity (Wildman–Crippen MR) is 78.2 cm³/mol. The first kappa shape index (κ1) is 13.2. The second kappa shape index (κ2) is 4.96. The molecule has 3 rings (SSSR count). The van der Waals surface area contributed by atoms with Gasteiger partial charge in [-0.1, -0.05) is 30.3 Å². The normalized spacial score (nSPS) is 11.2. The van der Waals surface area contributed by atoms with Crippen LogP contribution >= 0.6 is 0 Å². The van der Waals surface area contributed by atoms with Gasteiger partial charge in [-0.3, -0.25) is 4.72 Å². The number of para-hydroxylation sites is 1. The first-order valence-corrected chi connectivity index (χ1v) is 7.59. The Balaban J connectivity index is 2.12. The van der Waals surface area contributed by atoms with Crippen LogP contribution in [0.1, 0.15) is 5.76 Å². The molecule has 1 N–H and O–H groups in total. The average Bonchev–Trinajstić information content (AvgIpc) is 2.86. The molecule has 0 bridgehead atoms. The van der Waals surface area contributed by atoms with Crippen molar-refractivity contribution in [3.05, 3.63) is 60.4 Å². The SMILES string of the molecule is N#Cc1oc2ccccc2c1NS(=O)(=O)c1ccccc1. The summed E-state index contributed by atoms with van der Waals surface area (Å²) in [5.74, 6) is -0.0595. The highest BCUT2D eigenvalue weighted by Crippen LogP contribution is 2.31. The second-order valence-electron chi connectivity index (χ2n) is 4.33. The lowest BCUT2D eigenvalue weighted by Crippen LogP contribution is -2.13. The Hall–Kier alpha value is -2.78. The molecule has 6 heteroatoms. The highest BCUT2D eigenvalue weighted by atomic mass is 32.2. The molecule has 0 atom stereocenters. The molecule has 0 radical (unpaired) electrons. The van der Waals surface area contributed by atoms with E-state index in [0.717, 1.165) is 0 Å². The summed E-state index contributed by atoms with van der Waals surface area (Å²) in [6.07, 6.45) is 0. The molecule has 0 aliphatic carbocycles. The van der Waals surface area contributed by atoms with Crippen LogP contribution in [0.3, 0.4) is 0 Å². The Bertz CT molecular complexity index is 938. The largest absolute Gasteiger partial charge is 0.443 e. The van der Waals surface area contributed by atoms with E-state index >= 15 is 0 Å². The Kier molecular flexibility index (Phi) is 3.12. The molecule has 0 fully saturated rings. The number of fused-ring (bicyclic) bond motifs is 1. The van der Waals surface area contributed by atoms with Crippen LogP contribution in [-0.2, 0) is 10.0 Å². The molecule has 3 aromatic rings. The van der Waals surface area contributed by atoms with Gasteiger partial charge in [0, 0.05) is 5.39 Å². The summed E-state index contributed by atoms with van der Waals surface area (Å²) in [5.41, 5.74) is 0.622. The van der Waals surface area contributed by atoms with Gasteiger partial charge < -0.3 is 4.42 Å². The van der Waals surface area contributed by atoms with Gasteiger partial charge in [-0.15, -0.1) is 0 Å². The minimum absolute atomic E-state index is 0.0595. The monoisotopic (exact) mass is 298 g/mol. The molecule has 1 aromatic heterocycles. The molecule has 104 valence electrons. The fraction of sp³-hybridized carbons (Fsp3) is 0. The van der Waals surface area contributed by atoms with Crippen molar-refractivity contribution in [2.24, 2.45) is 0 Å². The van der Waals surface area contributed by atoms with Crippen LogP contribution in [0, 0.1) is 11.3 Å². The van der Waals surface area contributed by atoms with E-state index in [9.17, 15) is 8.42 Å². The molecular weight excluding hydrogens is 288 g/mol.